The van der Waals surface area contributed by atoms with Gasteiger partial charge < -0.3 is 10.2 Å². The van der Waals surface area contributed by atoms with Crippen molar-refractivity contribution in [2.45, 2.75) is 13.8 Å². The number of aryl methyl sites for hydroxylation is 2. The lowest BCUT2D eigenvalue weighted by atomic mass is 9.40. The van der Waals surface area contributed by atoms with Crippen molar-refractivity contribution in [1.82, 2.24) is 0 Å². The smallest absolute Gasteiger partial charge is 0.345 e. The Morgan fingerprint density at radius 1 is 1.08 bits per heavy atom. The summed E-state index contributed by atoms with van der Waals surface area (Å²) in [4.78, 5) is 21.4. The summed E-state index contributed by atoms with van der Waals surface area (Å²) in [6.45, 7) is 3.75. The van der Waals surface area contributed by atoms with Gasteiger partial charge in [-0.1, -0.05) is 0 Å². The van der Waals surface area contributed by atoms with Crippen LogP contribution in [0.1, 0.15) is 30.5 Å². The van der Waals surface area contributed by atoms with Crippen LogP contribution in [0.15, 0.2) is 21.3 Å². The quantitative estimate of drug-likeness (QED) is 0.736. The van der Waals surface area contributed by atoms with Crippen molar-refractivity contribution in [2.75, 3.05) is 0 Å². The number of carbonyl (C=O) groups is 2. The number of hydrogen-bond acceptors (Lipinski definition) is 4. The Bertz CT molecular complexity index is 613. The maximum atomic E-state index is 10.4. The molecule has 0 spiro atoms. The first-order chi connectivity index (χ1) is 11.2. The topological polar surface area (TPSA) is 74.6 Å². The highest BCUT2D eigenvalue weighted by Gasteiger charge is 2.08. The van der Waals surface area contributed by atoms with Crippen LogP contribution in [0.2, 0.25) is 0 Å². The standard InChI is InChI=1S/C6H5BrO2S.C6H6O2S.B3.B2/c1-3-2-4(6(8)9)10-5(3)7;1-4-2-5(6(7)8)9-3-4;1-3-2;1-2/h2H,1H3,(H,8,9);2-3H,1H3,(H,7,8);;. The zero-order chi connectivity index (χ0) is 19.3. The van der Waals surface area contributed by atoms with Gasteiger partial charge in [-0.15, -0.1) is 22.7 Å². The molecule has 0 aliphatic carbocycles. The zero-order valence-corrected chi connectivity index (χ0v) is 16.2. The van der Waals surface area contributed by atoms with Crippen LogP contribution in [-0.4, -0.2) is 60.2 Å². The van der Waals surface area contributed by atoms with Gasteiger partial charge in [-0.3, -0.25) is 0 Å². The van der Waals surface area contributed by atoms with Crippen molar-refractivity contribution < 1.29 is 19.8 Å². The van der Waals surface area contributed by atoms with Crippen LogP contribution in [-0.2, 0) is 0 Å². The molecule has 2 rings (SSSR count). The summed E-state index contributed by atoms with van der Waals surface area (Å²) in [7, 11) is 18.0. The molecule has 2 aromatic heterocycles. The average Bonchev–Trinajstić information content (AvgIpc) is 3.10. The highest BCUT2D eigenvalue weighted by molar-refractivity contribution is 9.11. The average molecular weight is 417 g/mol. The number of carboxylic acid groups (broad SMARTS) is 2. The van der Waals surface area contributed by atoms with E-state index in [1.165, 1.54) is 22.7 Å². The lowest BCUT2D eigenvalue weighted by molar-refractivity contribution is 0.0691. The van der Waals surface area contributed by atoms with E-state index < -0.39 is 11.9 Å². The van der Waals surface area contributed by atoms with E-state index in [9.17, 15) is 9.59 Å². The van der Waals surface area contributed by atoms with Gasteiger partial charge in [-0.25, -0.2) is 9.59 Å². The third kappa shape index (κ3) is 10.8. The van der Waals surface area contributed by atoms with Gasteiger partial charge in [0.05, 0.1) is 3.79 Å². The van der Waals surface area contributed by atoms with Gasteiger partial charge >= 0.3 is 11.9 Å². The number of hydrogen-bond donors (Lipinski definition) is 2. The SMILES string of the molecule is Cc1cc(C(=O)O)sc1Br.Cc1csc(C(=O)O)c1.[B][B].[B][B][B]. The fraction of sp³-hybridized carbons (Fsp3) is 0.167. The molecular weight excluding hydrogens is 406 g/mol. The van der Waals surface area contributed by atoms with Gasteiger partial charge in [-0.2, -0.15) is 0 Å². The number of carboxylic acids is 2. The Morgan fingerprint density at radius 2 is 1.54 bits per heavy atom. The van der Waals surface area contributed by atoms with Crippen LogP contribution in [0.25, 0.3) is 0 Å². The van der Waals surface area contributed by atoms with E-state index in [4.69, 9.17) is 10.2 Å². The molecule has 4 nitrogen and oxygen atoms in total. The highest BCUT2D eigenvalue weighted by Crippen LogP contribution is 2.26. The van der Waals surface area contributed by atoms with Crippen molar-refractivity contribution >= 4 is 88.6 Å². The van der Waals surface area contributed by atoms with Crippen molar-refractivity contribution in [2.24, 2.45) is 0 Å². The lowest BCUT2D eigenvalue weighted by Crippen LogP contribution is -1.89. The van der Waals surface area contributed by atoms with Crippen LogP contribution in [0.4, 0.5) is 0 Å². The van der Waals surface area contributed by atoms with Crippen LogP contribution in [0, 0.1) is 13.8 Å². The molecule has 0 saturated carbocycles. The number of rotatable bonds is 2. The third-order valence-electron chi connectivity index (χ3n) is 2.01. The second-order valence-corrected chi connectivity index (χ2v) is 7.14. The van der Waals surface area contributed by atoms with E-state index >= 15 is 0 Å². The van der Waals surface area contributed by atoms with Crippen molar-refractivity contribution in [1.29, 1.82) is 0 Å². The summed E-state index contributed by atoms with van der Waals surface area (Å²) in [6, 6.07) is 3.31. The minimum atomic E-state index is -0.862. The van der Waals surface area contributed by atoms with Gasteiger partial charge in [0.25, 0.3) is 0 Å². The lowest BCUT2D eigenvalue weighted by Gasteiger charge is -1.79. The van der Waals surface area contributed by atoms with Crippen LogP contribution >= 0.6 is 38.6 Å². The highest BCUT2D eigenvalue weighted by atomic mass is 79.9. The fourth-order valence-electron chi connectivity index (χ4n) is 1.11. The van der Waals surface area contributed by atoms with E-state index in [1.807, 2.05) is 19.2 Å². The third-order valence-corrected chi connectivity index (χ3v) is 5.17. The molecule has 0 saturated heterocycles. The number of halogens is 1. The van der Waals surface area contributed by atoms with Crippen molar-refractivity contribution in [3.8, 4) is 0 Å². The molecule has 0 aliphatic heterocycles. The van der Waals surface area contributed by atoms with Crippen LogP contribution in [0.3, 0.4) is 0 Å². The molecule has 12 heteroatoms. The molecule has 9 radical (unpaired) electrons. The maximum Gasteiger partial charge on any atom is 0.345 e. The first-order valence-electron chi connectivity index (χ1n) is 6.09. The van der Waals surface area contributed by atoms with Crippen LogP contribution < -0.4 is 0 Å². The van der Waals surface area contributed by atoms with Crippen molar-refractivity contribution in [3.05, 3.63) is 42.2 Å². The summed E-state index contributed by atoms with van der Waals surface area (Å²) < 4.78 is 0.893. The van der Waals surface area contributed by atoms with Gasteiger partial charge in [0.2, 0.25) is 0 Å². The molecule has 24 heavy (non-hydrogen) atoms. The molecule has 0 bridgehead atoms. The molecule has 2 N–H and O–H groups in total. The summed E-state index contributed by atoms with van der Waals surface area (Å²) in [5.41, 5.74) is 1.99. The van der Waals surface area contributed by atoms with E-state index in [2.05, 4.69) is 46.9 Å². The molecule has 2 aromatic rings. The Morgan fingerprint density at radius 3 is 1.71 bits per heavy atom. The Kier molecular flexibility index (Phi) is 15.3. The van der Waals surface area contributed by atoms with E-state index in [0.29, 0.717) is 9.75 Å². The van der Waals surface area contributed by atoms with Gasteiger partial charge in [0.15, 0.2) is 0 Å². The first kappa shape index (κ1) is 25.4. The Labute approximate surface area is 164 Å². The van der Waals surface area contributed by atoms with E-state index in [-0.39, 0.29) is 0 Å². The molecule has 117 valence electrons. The largest absolute Gasteiger partial charge is 0.477 e. The second kappa shape index (κ2) is 14.5. The summed E-state index contributed by atoms with van der Waals surface area (Å²) in [6.07, 6.45) is 0. The monoisotopic (exact) mass is 417 g/mol. The predicted molar refractivity (Wildman–Crippen MR) is 109 cm³/mol. The zero-order valence-electron chi connectivity index (χ0n) is 13.0. The molecule has 0 aliphatic rings. The van der Waals surface area contributed by atoms with Gasteiger partial charge in [0.1, 0.15) is 9.75 Å². The van der Waals surface area contributed by atoms with E-state index in [1.54, 1.807) is 12.1 Å². The van der Waals surface area contributed by atoms with Crippen LogP contribution in [0.5, 0.6) is 0 Å². The predicted octanol–water partition coefficient (Wildman–Crippen LogP) is 2.37. The maximum absolute atomic E-state index is 10.4. The van der Waals surface area contributed by atoms with Gasteiger partial charge in [0, 0.05) is 38.0 Å². The molecule has 0 aromatic carbocycles. The Balaban J connectivity index is 0. The minimum absolute atomic E-state index is 0.379. The first-order valence-corrected chi connectivity index (χ1v) is 8.58. The van der Waals surface area contributed by atoms with Crippen molar-refractivity contribution in [3.63, 3.8) is 0 Å². The molecule has 0 fully saturated rings. The van der Waals surface area contributed by atoms with E-state index in [0.717, 1.165) is 22.0 Å². The fourth-order valence-corrected chi connectivity index (χ4v) is 3.22. The second-order valence-electron chi connectivity index (χ2n) is 3.86. The number of aromatic carboxylic acids is 2. The van der Waals surface area contributed by atoms with Gasteiger partial charge in [-0.05, 0) is 58.4 Å². The minimum Gasteiger partial charge on any atom is -0.477 e. The summed E-state index contributed by atoms with van der Waals surface area (Å²) in [5, 5.41) is 18.7. The Hall–Kier alpha value is -0.855. The molecule has 0 amide bonds. The molecule has 0 atom stereocenters. The molecule has 2 heterocycles. The summed E-state index contributed by atoms with van der Waals surface area (Å²) in [5.74, 6) is -1.70. The molecular formula is C12H11B5BrO4S2. The normalized spacial score (nSPS) is 8.29. The summed E-state index contributed by atoms with van der Waals surface area (Å²) >= 11 is 5.74. The number of thiophene rings is 2. The molecule has 0 unspecified atom stereocenters.